The van der Waals surface area contributed by atoms with Crippen molar-refractivity contribution in [3.05, 3.63) is 11.5 Å². The number of hydrogen-bond acceptors (Lipinski definition) is 4. The summed E-state index contributed by atoms with van der Waals surface area (Å²) in [6.45, 7) is 5.85. The predicted molar refractivity (Wildman–Crippen MR) is 81.4 cm³/mol. The maximum atomic E-state index is 12.3. The van der Waals surface area contributed by atoms with E-state index in [1.807, 2.05) is 13.8 Å². The quantitative estimate of drug-likeness (QED) is 0.802. The molecular formula is C14H21ClN4O. The summed E-state index contributed by atoms with van der Waals surface area (Å²) in [4.78, 5) is 24.5. The van der Waals surface area contributed by atoms with Gasteiger partial charge in [0.15, 0.2) is 5.82 Å². The van der Waals surface area contributed by atoms with Gasteiger partial charge in [0, 0.05) is 26.1 Å². The molecule has 1 fully saturated rings. The summed E-state index contributed by atoms with van der Waals surface area (Å²) in [5, 5.41) is 0.222. The first-order valence-corrected chi connectivity index (χ1v) is 7.47. The standard InChI is InChI=1S/C14H21ClN4O/c1-4-10(2)13(20)18(3)11-9-16-14(15)17-12(11)19-7-5-6-8-19/h9-10H,4-8H2,1-3H3/t10-/m1/s1. The Labute approximate surface area is 124 Å². The second-order valence-corrected chi connectivity index (χ2v) is 5.59. The first-order chi connectivity index (χ1) is 9.54. The monoisotopic (exact) mass is 296 g/mol. The second-order valence-electron chi connectivity index (χ2n) is 5.25. The van der Waals surface area contributed by atoms with Gasteiger partial charge >= 0.3 is 0 Å². The number of aromatic nitrogens is 2. The summed E-state index contributed by atoms with van der Waals surface area (Å²) in [7, 11) is 1.78. The van der Waals surface area contributed by atoms with Crippen LogP contribution in [-0.4, -0.2) is 36.0 Å². The molecule has 1 aliphatic heterocycles. The predicted octanol–water partition coefficient (Wildman–Crippen LogP) is 2.74. The van der Waals surface area contributed by atoms with E-state index in [2.05, 4.69) is 14.9 Å². The Hall–Kier alpha value is -1.36. The SMILES string of the molecule is CC[C@@H](C)C(=O)N(C)c1cnc(Cl)nc1N1CCCC1. The van der Waals surface area contributed by atoms with Crippen molar-refractivity contribution in [2.24, 2.45) is 5.92 Å². The molecule has 0 bridgehead atoms. The Morgan fingerprint density at radius 2 is 2.15 bits per heavy atom. The number of anilines is 2. The van der Waals surface area contributed by atoms with Gasteiger partial charge in [-0.2, -0.15) is 4.98 Å². The zero-order valence-corrected chi connectivity index (χ0v) is 13.0. The Morgan fingerprint density at radius 3 is 2.75 bits per heavy atom. The summed E-state index contributed by atoms with van der Waals surface area (Å²) < 4.78 is 0. The van der Waals surface area contributed by atoms with Crippen LogP contribution >= 0.6 is 11.6 Å². The lowest BCUT2D eigenvalue weighted by atomic mass is 10.1. The largest absolute Gasteiger partial charge is 0.355 e. The molecule has 6 heteroatoms. The molecule has 1 aromatic heterocycles. The Kier molecular flexibility index (Phi) is 4.81. The summed E-state index contributed by atoms with van der Waals surface area (Å²) in [5.74, 6) is 0.836. The number of hydrogen-bond donors (Lipinski definition) is 0. The lowest BCUT2D eigenvalue weighted by molar-refractivity contribution is -0.121. The van der Waals surface area contributed by atoms with Gasteiger partial charge < -0.3 is 9.80 Å². The normalized spacial score (nSPS) is 16.3. The summed E-state index contributed by atoms with van der Waals surface area (Å²) in [5.41, 5.74) is 0.738. The number of carbonyl (C=O) groups excluding carboxylic acids is 1. The van der Waals surface area contributed by atoms with Crippen molar-refractivity contribution in [2.75, 3.05) is 29.9 Å². The van der Waals surface area contributed by atoms with Gasteiger partial charge in [-0.25, -0.2) is 4.98 Å². The van der Waals surface area contributed by atoms with E-state index in [0.29, 0.717) is 0 Å². The van der Waals surface area contributed by atoms with Gasteiger partial charge in [0.25, 0.3) is 0 Å². The molecule has 0 aromatic carbocycles. The van der Waals surface area contributed by atoms with Crippen LogP contribution in [0.4, 0.5) is 11.5 Å². The molecule has 0 aliphatic carbocycles. The summed E-state index contributed by atoms with van der Waals surface area (Å²) in [6, 6.07) is 0. The van der Waals surface area contributed by atoms with Crippen molar-refractivity contribution in [1.29, 1.82) is 0 Å². The molecule has 0 N–H and O–H groups in total. The van der Waals surface area contributed by atoms with Gasteiger partial charge in [-0.3, -0.25) is 4.79 Å². The van der Waals surface area contributed by atoms with Crippen molar-refractivity contribution < 1.29 is 4.79 Å². The van der Waals surface area contributed by atoms with Crippen LogP contribution < -0.4 is 9.80 Å². The minimum Gasteiger partial charge on any atom is -0.355 e. The Morgan fingerprint density at radius 1 is 1.50 bits per heavy atom. The zero-order valence-electron chi connectivity index (χ0n) is 12.3. The van der Waals surface area contributed by atoms with Crippen LogP contribution in [0.1, 0.15) is 33.1 Å². The maximum absolute atomic E-state index is 12.3. The highest BCUT2D eigenvalue weighted by Gasteiger charge is 2.24. The van der Waals surface area contributed by atoms with Crippen molar-refractivity contribution >= 4 is 29.0 Å². The molecule has 0 spiro atoms. The van der Waals surface area contributed by atoms with Gasteiger partial charge in [0.2, 0.25) is 11.2 Å². The lowest BCUT2D eigenvalue weighted by Gasteiger charge is -2.26. The van der Waals surface area contributed by atoms with Crippen LogP contribution in [0, 0.1) is 5.92 Å². The summed E-state index contributed by atoms with van der Waals surface area (Å²) >= 11 is 5.92. The minimum atomic E-state index is -0.0119. The molecule has 1 atom stereocenters. The van der Waals surface area contributed by atoms with E-state index in [0.717, 1.165) is 43.9 Å². The molecule has 2 rings (SSSR count). The Bertz CT molecular complexity index is 488. The van der Waals surface area contributed by atoms with Crippen molar-refractivity contribution in [2.45, 2.75) is 33.1 Å². The van der Waals surface area contributed by atoms with E-state index >= 15 is 0 Å². The van der Waals surface area contributed by atoms with Crippen LogP contribution in [0.15, 0.2) is 6.20 Å². The fraction of sp³-hybridized carbons (Fsp3) is 0.643. The third-order valence-corrected chi connectivity index (χ3v) is 4.03. The highest BCUT2D eigenvalue weighted by atomic mass is 35.5. The number of rotatable bonds is 4. The smallest absolute Gasteiger partial charge is 0.229 e. The molecule has 0 unspecified atom stereocenters. The maximum Gasteiger partial charge on any atom is 0.229 e. The van der Waals surface area contributed by atoms with Gasteiger partial charge in [-0.15, -0.1) is 0 Å². The van der Waals surface area contributed by atoms with E-state index in [1.165, 1.54) is 0 Å². The van der Waals surface area contributed by atoms with Crippen LogP contribution in [0.2, 0.25) is 5.28 Å². The van der Waals surface area contributed by atoms with Crippen LogP contribution in [0.3, 0.4) is 0 Å². The van der Waals surface area contributed by atoms with E-state index < -0.39 is 0 Å². The van der Waals surface area contributed by atoms with E-state index in [-0.39, 0.29) is 17.1 Å². The highest BCUT2D eigenvalue weighted by Crippen LogP contribution is 2.30. The third kappa shape index (κ3) is 3.03. The third-order valence-electron chi connectivity index (χ3n) is 3.85. The Balaban J connectivity index is 2.32. The molecule has 0 saturated carbocycles. The fourth-order valence-electron chi connectivity index (χ4n) is 2.37. The first kappa shape index (κ1) is 15.0. The number of carbonyl (C=O) groups is 1. The van der Waals surface area contributed by atoms with Gasteiger partial charge in [0.1, 0.15) is 5.69 Å². The van der Waals surface area contributed by atoms with E-state index in [9.17, 15) is 4.79 Å². The molecule has 0 radical (unpaired) electrons. The number of halogens is 1. The average molecular weight is 297 g/mol. The van der Waals surface area contributed by atoms with Crippen LogP contribution in [-0.2, 0) is 4.79 Å². The number of amides is 1. The van der Waals surface area contributed by atoms with Crippen molar-refractivity contribution in [3.8, 4) is 0 Å². The van der Waals surface area contributed by atoms with E-state index in [4.69, 9.17) is 11.6 Å². The summed E-state index contributed by atoms with van der Waals surface area (Å²) in [6.07, 6.45) is 4.74. The highest BCUT2D eigenvalue weighted by molar-refractivity contribution is 6.28. The first-order valence-electron chi connectivity index (χ1n) is 7.09. The molecule has 1 amide bonds. The topological polar surface area (TPSA) is 49.3 Å². The van der Waals surface area contributed by atoms with Crippen LogP contribution in [0.25, 0.3) is 0 Å². The molecule has 1 aliphatic rings. The molecule has 20 heavy (non-hydrogen) atoms. The molecular weight excluding hydrogens is 276 g/mol. The van der Waals surface area contributed by atoms with Gasteiger partial charge in [-0.1, -0.05) is 13.8 Å². The molecule has 110 valence electrons. The zero-order chi connectivity index (χ0) is 14.7. The van der Waals surface area contributed by atoms with Crippen molar-refractivity contribution in [3.63, 3.8) is 0 Å². The second kappa shape index (κ2) is 6.39. The van der Waals surface area contributed by atoms with Gasteiger partial charge in [0.05, 0.1) is 6.20 Å². The number of nitrogens with zero attached hydrogens (tertiary/aromatic N) is 4. The van der Waals surface area contributed by atoms with Crippen LogP contribution in [0.5, 0.6) is 0 Å². The molecule has 5 nitrogen and oxygen atoms in total. The van der Waals surface area contributed by atoms with Crippen molar-refractivity contribution in [1.82, 2.24) is 9.97 Å². The lowest BCUT2D eigenvalue weighted by Crippen LogP contribution is -2.33. The molecule has 2 heterocycles. The van der Waals surface area contributed by atoms with E-state index in [1.54, 1.807) is 18.1 Å². The van der Waals surface area contributed by atoms with Gasteiger partial charge in [-0.05, 0) is 30.9 Å². The fourth-order valence-corrected chi connectivity index (χ4v) is 2.50. The molecule has 1 saturated heterocycles. The average Bonchev–Trinajstić information content (AvgIpc) is 2.98. The minimum absolute atomic E-state index is 0.0119. The molecule has 1 aromatic rings.